The van der Waals surface area contributed by atoms with Gasteiger partial charge in [0.1, 0.15) is 0 Å². The Balaban J connectivity index is 1.61. The van der Waals surface area contributed by atoms with Crippen molar-refractivity contribution in [2.45, 2.75) is 0 Å². The number of amides is 1. The Labute approximate surface area is 137 Å². The normalized spacial score (nSPS) is 10.7. The number of aromatic nitrogens is 3. The first-order valence-corrected chi connectivity index (χ1v) is 7.34. The molecule has 0 spiro atoms. The van der Waals surface area contributed by atoms with Crippen LogP contribution in [-0.2, 0) is 0 Å². The second kappa shape index (κ2) is 5.92. The number of rotatable bonds is 3. The summed E-state index contributed by atoms with van der Waals surface area (Å²) in [5.41, 5.74) is 1.29. The predicted octanol–water partition coefficient (Wildman–Crippen LogP) is 3.54. The fourth-order valence-electron chi connectivity index (χ4n) is 2.47. The van der Waals surface area contributed by atoms with Crippen LogP contribution < -0.4 is 5.32 Å². The molecular weight excluding hydrogens is 304 g/mol. The van der Waals surface area contributed by atoms with Gasteiger partial charge in [0.2, 0.25) is 5.89 Å². The van der Waals surface area contributed by atoms with E-state index >= 15 is 0 Å². The van der Waals surface area contributed by atoms with E-state index in [4.69, 9.17) is 4.42 Å². The van der Waals surface area contributed by atoms with Gasteiger partial charge >= 0.3 is 6.01 Å². The van der Waals surface area contributed by atoms with Crippen LogP contribution in [0.25, 0.3) is 22.2 Å². The molecule has 6 heteroatoms. The van der Waals surface area contributed by atoms with Crippen LogP contribution in [0.1, 0.15) is 10.4 Å². The Morgan fingerprint density at radius 3 is 2.58 bits per heavy atom. The number of benzene rings is 2. The lowest BCUT2D eigenvalue weighted by Gasteiger charge is -2.05. The molecule has 2 heterocycles. The molecule has 0 aliphatic rings. The van der Waals surface area contributed by atoms with E-state index in [2.05, 4.69) is 20.5 Å². The van der Waals surface area contributed by atoms with Crippen LogP contribution in [0.15, 0.2) is 71.4 Å². The fourth-order valence-corrected chi connectivity index (χ4v) is 2.47. The summed E-state index contributed by atoms with van der Waals surface area (Å²) in [6.07, 6.45) is 3.27. The van der Waals surface area contributed by atoms with Gasteiger partial charge in [-0.05, 0) is 29.0 Å². The molecule has 0 aliphatic heterocycles. The maximum Gasteiger partial charge on any atom is 0.322 e. The maximum absolute atomic E-state index is 12.5. The van der Waals surface area contributed by atoms with Gasteiger partial charge in [-0.3, -0.25) is 15.1 Å². The van der Waals surface area contributed by atoms with Gasteiger partial charge in [-0.2, -0.15) is 0 Å². The number of hydrogen-bond acceptors (Lipinski definition) is 5. The van der Waals surface area contributed by atoms with Crippen LogP contribution in [0, 0.1) is 0 Å². The smallest absolute Gasteiger partial charge is 0.322 e. The molecule has 0 saturated carbocycles. The van der Waals surface area contributed by atoms with Gasteiger partial charge in [-0.1, -0.05) is 41.5 Å². The van der Waals surface area contributed by atoms with Gasteiger partial charge in [-0.25, -0.2) is 0 Å². The van der Waals surface area contributed by atoms with Crippen molar-refractivity contribution in [1.29, 1.82) is 0 Å². The van der Waals surface area contributed by atoms with E-state index in [0.717, 1.165) is 16.3 Å². The Morgan fingerprint density at radius 1 is 0.917 bits per heavy atom. The number of carbonyl (C=O) groups excluding carboxylic acids is 1. The summed E-state index contributed by atoms with van der Waals surface area (Å²) < 4.78 is 5.49. The standard InChI is InChI=1S/C18H12N4O2/c23-16(15-7-3-5-12-4-1-2-6-14(12)15)20-18-22-21-17(24-18)13-8-10-19-11-9-13/h1-11H,(H,20,22,23). The van der Waals surface area contributed by atoms with Gasteiger partial charge in [0.05, 0.1) is 0 Å². The summed E-state index contributed by atoms with van der Waals surface area (Å²) in [6.45, 7) is 0. The average Bonchev–Trinajstić information content (AvgIpc) is 3.10. The van der Waals surface area contributed by atoms with Crippen molar-refractivity contribution >= 4 is 22.7 Å². The molecule has 0 bridgehead atoms. The minimum absolute atomic E-state index is 0.0553. The molecule has 2 aromatic heterocycles. The van der Waals surface area contributed by atoms with Gasteiger partial charge in [-0.15, -0.1) is 5.10 Å². The molecule has 1 amide bonds. The summed E-state index contributed by atoms with van der Waals surface area (Å²) in [6, 6.07) is 16.8. The zero-order valence-corrected chi connectivity index (χ0v) is 12.5. The maximum atomic E-state index is 12.5. The molecule has 24 heavy (non-hydrogen) atoms. The third-order valence-electron chi connectivity index (χ3n) is 3.61. The molecule has 6 nitrogen and oxygen atoms in total. The molecule has 116 valence electrons. The second-order valence-electron chi connectivity index (χ2n) is 5.13. The zero-order valence-electron chi connectivity index (χ0n) is 12.5. The highest BCUT2D eigenvalue weighted by atomic mass is 16.4. The van der Waals surface area contributed by atoms with Crippen molar-refractivity contribution < 1.29 is 9.21 Å². The molecule has 0 radical (unpaired) electrons. The third-order valence-corrected chi connectivity index (χ3v) is 3.61. The first kappa shape index (κ1) is 14.1. The molecule has 0 fully saturated rings. The highest BCUT2D eigenvalue weighted by Gasteiger charge is 2.14. The fraction of sp³-hybridized carbons (Fsp3) is 0. The summed E-state index contributed by atoms with van der Waals surface area (Å²) >= 11 is 0. The second-order valence-corrected chi connectivity index (χ2v) is 5.13. The highest BCUT2D eigenvalue weighted by Crippen LogP contribution is 2.21. The number of hydrogen-bond donors (Lipinski definition) is 1. The molecule has 4 aromatic rings. The van der Waals surface area contributed by atoms with E-state index in [1.54, 1.807) is 30.6 Å². The van der Waals surface area contributed by atoms with Gasteiger partial charge in [0.15, 0.2) is 0 Å². The predicted molar refractivity (Wildman–Crippen MR) is 89.4 cm³/mol. The molecule has 0 saturated heterocycles. The van der Waals surface area contributed by atoms with Crippen LogP contribution in [0.2, 0.25) is 0 Å². The summed E-state index contributed by atoms with van der Waals surface area (Å²) in [5, 5.41) is 12.3. The summed E-state index contributed by atoms with van der Waals surface area (Å²) in [4.78, 5) is 16.5. The van der Waals surface area contributed by atoms with Crippen molar-refractivity contribution in [1.82, 2.24) is 15.2 Å². The monoisotopic (exact) mass is 316 g/mol. The van der Waals surface area contributed by atoms with E-state index in [9.17, 15) is 4.79 Å². The van der Waals surface area contributed by atoms with Crippen LogP contribution in [0.5, 0.6) is 0 Å². The van der Waals surface area contributed by atoms with Gasteiger partial charge < -0.3 is 4.42 Å². The zero-order chi connectivity index (χ0) is 16.4. The average molecular weight is 316 g/mol. The van der Waals surface area contributed by atoms with Crippen molar-refractivity contribution in [3.8, 4) is 11.5 Å². The number of carbonyl (C=O) groups is 1. The van der Waals surface area contributed by atoms with Gasteiger partial charge in [0, 0.05) is 23.5 Å². The number of nitrogens with one attached hydrogen (secondary N) is 1. The third kappa shape index (κ3) is 2.61. The molecule has 4 rings (SSSR count). The molecule has 1 N–H and O–H groups in total. The van der Waals surface area contributed by atoms with Crippen LogP contribution >= 0.6 is 0 Å². The van der Waals surface area contributed by atoms with E-state index in [1.165, 1.54) is 0 Å². The first-order chi connectivity index (χ1) is 11.8. The lowest BCUT2D eigenvalue weighted by Crippen LogP contribution is -2.12. The first-order valence-electron chi connectivity index (χ1n) is 7.34. The van der Waals surface area contributed by atoms with E-state index in [-0.39, 0.29) is 11.9 Å². The summed E-state index contributed by atoms with van der Waals surface area (Å²) in [5.74, 6) is 0.0300. The molecule has 0 atom stereocenters. The largest absolute Gasteiger partial charge is 0.403 e. The van der Waals surface area contributed by atoms with Crippen molar-refractivity contribution in [3.63, 3.8) is 0 Å². The van der Waals surface area contributed by atoms with Crippen LogP contribution in [-0.4, -0.2) is 21.1 Å². The van der Waals surface area contributed by atoms with E-state index < -0.39 is 0 Å². The van der Waals surface area contributed by atoms with Crippen molar-refractivity contribution in [3.05, 3.63) is 72.6 Å². The van der Waals surface area contributed by atoms with Gasteiger partial charge in [0.25, 0.3) is 5.91 Å². The topological polar surface area (TPSA) is 80.9 Å². The molecule has 0 unspecified atom stereocenters. The Hall–Kier alpha value is -3.54. The summed E-state index contributed by atoms with van der Waals surface area (Å²) in [7, 11) is 0. The SMILES string of the molecule is O=C(Nc1nnc(-c2ccncc2)o1)c1cccc2ccccc12. The molecule has 2 aromatic carbocycles. The lowest BCUT2D eigenvalue weighted by atomic mass is 10.0. The van der Waals surface area contributed by atoms with Crippen molar-refractivity contribution in [2.75, 3.05) is 5.32 Å². The number of pyridine rings is 1. The number of anilines is 1. The van der Waals surface area contributed by atoms with Crippen LogP contribution in [0.3, 0.4) is 0 Å². The quantitative estimate of drug-likeness (QED) is 0.625. The Kier molecular flexibility index (Phi) is 3.47. The van der Waals surface area contributed by atoms with Crippen LogP contribution in [0.4, 0.5) is 6.01 Å². The van der Waals surface area contributed by atoms with Crippen molar-refractivity contribution in [2.24, 2.45) is 0 Å². The number of fused-ring (bicyclic) bond motifs is 1. The van der Waals surface area contributed by atoms with E-state index in [1.807, 2.05) is 36.4 Å². The lowest BCUT2D eigenvalue weighted by molar-refractivity contribution is 0.102. The van der Waals surface area contributed by atoms with E-state index in [0.29, 0.717) is 11.5 Å². The minimum Gasteiger partial charge on any atom is -0.403 e. The molecular formula is C18H12N4O2. The Bertz CT molecular complexity index is 1010. The minimum atomic E-state index is -0.295. The Morgan fingerprint density at radius 2 is 1.71 bits per heavy atom. The number of nitrogens with zero attached hydrogens (tertiary/aromatic N) is 3. The molecule has 0 aliphatic carbocycles. The highest BCUT2D eigenvalue weighted by molar-refractivity contribution is 6.12.